The third kappa shape index (κ3) is 6.20. The maximum atomic E-state index is 12.5. The minimum Gasteiger partial charge on any atom is -0.450 e. The van der Waals surface area contributed by atoms with Crippen LogP contribution < -0.4 is 10.6 Å². The molecule has 0 bridgehead atoms. The minimum absolute atomic E-state index is 0.0716. The summed E-state index contributed by atoms with van der Waals surface area (Å²) in [6.07, 6.45) is 6.29. The molecule has 0 spiro atoms. The van der Waals surface area contributed by atoms with Crippen LogP contribution >= 0.6 is 0 Å². The fourth-order valence-corrected chi connectivity index (χ4v) is 2.95. The summed E-state index contributed by atoms with van der Waals surface area (Å²) in [7, 11) is 0. The van der Waals surface area contributed by atoms with Crippen molar-refractivity contribution in [1.82, 2.24) is 15.2 Å². The molecule has 0 saturated carbocycles. The van der Waals surface area contributed by atoms with Crippen LogP contribution in [0.25, 0.3) is 0 Å². The van der Waals surface area contributed by atoms with Gasteiger partial charge in [-0.15, -0.1) is 0 Å². The monoisotopic (exact) mass is 362 g/mol. The minimum atomic E-state index is -0.273. The number of pyridine rings is 1. The first kappa shape index (κ1) is 20.0. The summed E-state index contributed by atoms with van der Waals surface area (Å²) >= 11 is 0. The standard InChI is InChI=1S/C19H30N4O3/c1-3-5-6-10-20-17-14-15(7-11-21-17)18(24)22-16-8-12-23(13-9-16)19(25)26-4-2/h7,11,14,16H,3-6,8-10,12-13H2,1-2H3,(H,20,21)(H,22,24). The molecule has 1 aromatic rings. The molecule has 0 atom stereocenters. The molecule has 1 fully saturated rings. The number of ether oxygens (including phenoxy) is 1. The van der Waals surface area contributed by atoms with E-state index in [1.165, 1.54) is 12.8 Å². The average Bonchev–Trinajstić information content (AvgIpc) is 2.66. The van der Waals surface area contributed by atoms with Crippen LogP contribution in [0, 0.1) is 0 Å². The van der Waals surface area contributed by atoms with Crippen molar-refractivity contribution in [2.75, 3.05) is 31.6 Å². The molecule has 0 aliphatic carbocycles. The Kier molecular flexibility index (Phi) is 8.18. The molecule has 0 aromatic carbocycles. The van der Waals surface area contributed by atoms with E-state index in [1.54, 1.807) is 30.2 Å². The van der Waals surface area contributed by atoms with Gasteiger partial charge in [-0.25, -0.2) is 9.78 Å². The van der Waals surface area contributed by atoms with Gasteiger partial charge in [-0.3, -0.25) is 4.79 Å². The smallest absolute Gasteiger partial charge is 0.409 e. The number of amides is 2. The Morgan fingerprint density at radius 1 is 1.27 bits per heavy atom. The van der Waals surface area contributed by atoms with Gasteiger partial charge in [-0.05, 0) is 38.3 Å². The van der Waals surface area contributed by atoms with Crippen LogP contribution in [-0.2, 0) is 4.74 Å². The number of hydrogen-bond acceptors (Lipinski definition) is 5. The summed E-state index contributed by atoms with van der Waals surface area (Å²) in [5.74, 6) is 0.629. The highest BCUT2D eigenvalue weighted by atomic mass is 16.6. The zero-order valence-corrected chi connectivity index (χ0v) is 15.8. The van der Waals surface area contributed by atoms with E-state index in [-0.39, 0.29) is 18.0 Å². The number of carbonyl (C=O) groups is 2. The van der Waals surface area contributed by atoms with Gasteiger partial charge in [0.05, 0.1) is 6.61 Å². The molecule has 2 heterocycles. The van der Waals surface area contributed by atoms with Gasteiger partial charge in [0.15, 0.2) is 0 Å². The Balaban J connectivity index is 1.80. The predicted octanol–water partition coefficient (Wildman–Crippen LogP) is 3.03. The number of nitrogens with zero attached hydrogens (tertiary/aromatic N) is 2. The lowest BCUT2D eigenvalue weighted by Gasteiger charge is -2.31. The van der Waals surface area contributed by atoms with Gasteiger partial charge in [-0.1, -0.05) is 19.8 Å². The number of hydrogen-bond donors (Lipinski definition) is 2. The fourth-order valence-electron chi connectivity index (χ4n) is 2.95. The van der Waals surface area contributed by atoms with E-state index in [1.807, 2.05) is 0 Å². The van der Waals surface area contributed by atoms with Gasteiger partial charge in [-0.2, -0.15) is 0 Å². The van der Waals surface area contributed by atoms with Crippen molar-refractivity contribution >= 4 is 17.8 Å². The first-order valence-corrected chi connectivity index (χ1v) is 9.56. The van der Waals surface area contributed by atoms with Crippen molar-refractivity contribution in [1.29, 1.82) is 0 Å². The van der Waals surface area contributed by atoms with E-state index < -0.39 is 0 Å². The van der Waals surface area contributed by atoms with Gasteiger partial charge < -0.3 is 20.3 Å². The molecule has 0 radical (unpaired) electrons. The number of rotatable bonds is 8. The van der Waals surface area contributed by atoms with Crippen molar-refractivity contribution < 1.29 is 14.3 Å². The molecule has 1 aromatic heterocycles. The van der Waals surface area contributed by atoms with Crippen LogP contribution in [-0.4, -0.2) is 54.2 Å². The largest absolute Gasteiger partial charge is 0.450 e. The summed E-state index contributed by atoms with van der Waals surface area (Å²) in [5, 5.41) is 6.32. The van der Waals surface area contributed by atoms with E-state index in [0.29, 0.717) is 25.3 Å². The zero-order valence-electron chi connectivity index (χ0n) is 15.8. The van der Waals surface area contributed by atoms with Crippen LogP contribution in [0.15, 0.2) is 18.3 Å². The summed E-state index contributed by atoms with van der Waals surface area (Å²) in [6, 6.07) is 3.58. The molecule has 144 valence electrons. The lowest BCUT2D eigenvalue weighted by Crippen LogP contribution is -2.46. The fraction of sp³-hybridized carbons (Fsp3) is 0.632. The van der Waals surface area contributed by atoms with E-state index in [4.69, 9.17) is 4.74 Å². The Labute approximate surface area is 155 Å². The number of piperidine rings is 1. The number of carbonyl (C=O) groups excluding carboxylic acids is 2. The predicted molar refractivity (Wildman–Crippen MR) is 101 cm³/mol. The highest BCUT2D eigenvalue weighted by molar-refractivity contribution is 5.95. The molecule has 26 heavy (non-hydrogen) atoms. The molecular formula is C19H30N4O3. The highest BCUT2D eigenvalue weighted by Gasteiger charge is 2.24. The normalized spacial score (nSPS) is 14.8. The number of aromatic nitrogens is 1. The van der Waals surface area contributed by atoms with Gasteiger partial charge >= 0.3 is 6.09 Å². The van der Waals surface area contributed by atoms with E-state index >= 15 is 0 Å². The Hall–Kier alpha value is -2.31. The maximum Gasteiger partial charge on any atom is 0.409 e. The van der Waals surface area contributed by atoms with Crippen LogP contribution in [0.1, 0.15) is 56.3 Å². The molecule has 2 N–H and O–H groups in total. The molecule has 0 unspecified atom stereocenters. The second-order valence-corrected chi connectivity index (χ2v) is 6.50. The average molecular weight is 362 g/mol. The summed E-state index contributed by atoms with van der Waals surface area (Å²) in [5.41, 5.74) is 0.603. The Bertz CT molecular complexity index is 586. The third-order valence-corrected chi connectivity index (χ3v) is 4.46. The second kappa shape index (κ2) is 10.6. The molecule has 1 saturated heterocycles. The van der Waals surface area contributed by atoms with Gasteiger partial charge in [0.2, 0.25) is 0 Å². The van der Waals surface area contributed by atoms with Crippen LogP contribution in [0.4, 0.5) is 10.6 Å². The quantitative estimate of drug-likeness (QED) is 0.695. The maximum absolute atomic E-state index is 12.5. The van der Waals surface area contributed by atoms with Crippen molar-refractivity contribution in [2.45, 2.75) is 52.0 Å². The second-order valence-electron chi connectivity index (χ2n) is 6.50. The molecule has 1 aliphatic rings. The van der Waals surface area contributed by atoms with E-state index in [0.717, 1.165) is 31.6 Å². The first-order valence-electron chi connectivity index (χ1n) is 9.56. The van der Waals surface area contributed by atoms with Gasteiger partial charge in [0, 0.05) is 37.4 Å². The molecular weight excluding hydrogens is 332 g/mol. The van der Waals surface area contributed by atoms with Crippen LogP contribution in [0.5, 0.6) is 0 Å². The number of unbranched alkanes of at least 4 members (excludes halogenated alkanes) is 2. The zero-order chi connectivity index (χ0) is 18.8. The Morgan fingerprint density at radius 3 is 2.73 bits per heavy atom. The molecule has 2 amide bonds. The Morgan fingerprint density at radius 2 is 2.04 bits per heavy atom. The van der Waals surface area contributed by atoms with E-state index in [2.05, 4.69) is 22.5 Å². The SMILES string of the molecule is CCCCCNc1cc(C(=O)NC2CCN(C(=O)OCC)CC2)ccn1. The summed E-state index contributed by atoms with van der Waals surface area (Å²) < 4.78 is 5.01. The summed E-state index contributed by atoms with van der Waals surface area (Å²) in [6.45, 7) is 6.41. The number of nitrogens with one attached hydrogen (secondary N) is 2. The van der Waals surface area contributed by atoms with Crippen molar-refractivity contribution in [2.24, 2.45) is 0 Å². The summed E-state index contributed by atoms with van der Waals surface area (Å²) in [4.78, 5) is 30.2. The topological polar surface area (TPSA) is 83.6 Å². The third-order valence-electron chi connectivity index (χ3n) is 4.46. The molecule has 7 nitrogen and oxygen atoms in total. The molecule has 1 aliphatic heterocycles. The van der Waals surface area contributed by atoms with Crippen LogP contribution in [0.3, 0.4) is 0 Å². The van der Waals surface area contributed by atoms with Crippen molar-refractivity contribution in [3.05, 3.63) is 23.9 Å². The molecule has 2 rings (SSSR count). The first-order chi connectivity index (χ1) is 12.6. The van der Waals surface area contributed by atoms with Crippen molar-refractivity contribution in [3.8, 4) is 0 Å². The van der Waals surface area contributed by atoms with Gasteiger partial charge in [0.1, 0.15) is 5.82 Å². The highest BCUT2D eigenvalue weighted by Crippen LogP contribution is 2.13. The lowest BCUT2D eigenvalue weighted by molar-refractivity contribution is 0.0860. The lowest BCUT2D eigenvalue weighted by atomic mass is 10.0. The van der Waals surface area contributed by atoms with Crippen LogP contribution in [0.2, 0.25) is 0 Å². The molecule has 7 heteroatoms. The number of likely N-dealkylation sites (tertiary alicyclic amines) is 1. The van der Waals surface area contributed by atoms with Gasteiger partial charge in [0.25, 0.3) is 5.91 Å². The van der Waals surface area contributed by atoms with Crippen molar-refractivity contribution in [3.63, 3.8) is 0 Å². The van der Waals surface area contributed by atoms with E-state index in [9.17, 15) is 9.59 Å². The number of anilines is 1.